The summed E-state index contributed by atoms with van der Waals surface area (Å²) < 4.78 is 5.48. The lowest BCUT2D eigenvalue weighted by Gasteiger charge is -2.14. The fourth-order valence-electron chi connectivity index (χ4n) is 1.21. The molecule has 0 saturated heterocycles. The molecule has 1 rings (SSSR count). The highest BCUT2D eigenvalue weighted by molar-refractivity contribution is 5.03. The number of rotatable bonds is 6. The third-order valence-electron chi connectivity index (χ3n) is 2.40. The van der Waals surface area contributed by atoms with Crippen molar-refractivity contribution in [3.8, 4) is 6.07 Å². The molecule has 1 heterocycles. The van der Waals surface area contributed by atoms with Gasteiger partial charge in [0.15, 0.2) is 0 Å². The second-order valence-corrected chi connectivity index (χ2v) is 4.43. The first-order chi connectivity index (χ1) is 7.64. The van der Waals surface area contributed by atoms with Gasteiger partial charge in [-0.05, 0) is 32.4 Å². The number of aromatic nitrogens is 1. The Morgan fingerprint density at radius 3 is 2.81 bits per heavy atom. The Labute approximate surface area is 97.1 Å². The Hall–Kier alpha value is -1.40. The van der Waals surface area contributed by atoms with E-state index in [1.807, 2.05) is 32.0 Å². The third kappa shape index (κ3) is 4.90. The van der Waals surface area contributed by atoms with Crippen LogP contribution in [0.1, 0.15) is 26.0 Å². The molecular weight excluding hydrogens is 200 g/mol. The predicted molar refractivity (Wildman–Crippen MR) is 62.8 cm³/mol. The molecule has 0 atom stereocenters. The van der Waals surface area contributed by atoms with Crippen molar-refractivity contribution in [2.45, 2.75) is 26.7 Å². The van der Waals surface area contributed by atoms with E-state index in [4.69, 9.17) is 10.00 Å². The predicted octanol–water partition coefficient (Wildman–Crippen LogP) is 2.58. The van der Waals surface area contributed by atoms with Crippen molar-refractivity contribution >= 4 is 0 Å². The number of nitriles is 1. The van der Waals surface area contributed by atoms with Gasteiger partial charge in [0.05, 0.1) is 18.1 Å². The molecule has 0 aromatic carbocycles. The Morgan fingerprint density at radius 2 is 2.19 bits per heavy atom. The zero-order valence-corrected chi connectivity index (χ0v) is 9.94. The maximum absolute atomic E-state index is 8.81. The molecular formula is C13H18N2O. The van der Waals surface area contributed by atoms with Crippen LogP contribution in [0.5, 0.6) is 0 Å². The lowest BCUT2D eigenvalue weighted by molar-refractivity contribution is 0.117. The summed E-state index contributed by atoms with van der Waals surface area (Å²) in [5.74, 6) is 0. The average Bonchev–Trinajstić information content (AvgIpc) is 2.30. The summed E-state index contributed by atoms with van der Waals surface area (Å²) in [6.07, 6.45) is 3.38. The first kappa shape index (κ1) is 12.7. The van der Waals surface area contributed by atoms with Gasteiger partial charge in [-0.25, -0.2) is 0 Å². The summed E-state index contributed by atoms with van der Waals surface area (Å²) in [6, 6.07) is 8.12. The van der Waals surface area contributed by atoms with E-state index in [1.165, 1.54) is 0 Å². The molecule has 1 aromatic rings. The average molecular weight is 218 g/mol. The van der Waals surface area contributed by atoms with E-state index in [-0.39, 0.29) is 5.41 Å². The second kappa shape index (κ2) is 6.24. The van der Waals surface area contributed by atoms with Crippen LogP contribution in [-0.2, 0) is 11.2 Å². The molecule has 0 N–H and O–H groups in total. The second-order valence-electron chi connectivity index (χ2n) is 4.43. The van der Waals surface area contributed by atoms with Crippen molar-refractivity contribution in [1.29, 1.82) is 5.26 Å². The van der Waals surface area contributed by atoms with E-state index in [9.17, 15) is 0 Å². The van der Waals surface area contributed by atoms with E-state index in [1.54, 1.807) is 6.20 Å². The Kier molecular flexibility index (Phi) is 4.94. The molecule has 0 bridgehead atoms. The topological polar surface area (TPSA) is 45.9 Å². The Balaban J connectivity index is 2.12. The Morgan fingerprint density at radius 1 is 1.38 bits per heavy atom. The van der Waals surface area contributed by atoms with Gasteiger partial charge in [-0.15, -0.1) is 0 Å². The third-order valence-corrected chi connectivity index (χ3v) is 2.40. The van der Waals surface area contributed by atoms with Crippen LogP contribution in [0.3, 0.4) is 0 Å². The molecule has 0 aliphatic heterocycles. The van der Waals surface area contributed by atoms with Crippen molar-refractivity contribution in [3.05, 3.63) is 30.1 Å². The normalized spacial score (nSPS) is 11.1. The molecule has 0 fully saturated rings. The molecule has 86 valence electrons. The first-order valence-electron chi connectivity index (χ1n) is 5.53. The van der Waals surface area contributed by atoms with Crippen LogP contribution in [0.25, 0.3) is 0 Å². The van der Waals surface area contributed by atoms with Crippen molar-refractivity contribution in [2.75, 3.05) is 13.2 Å². The number of ether oxygens (including phenoxy) is 1. The van der Waals surface area contributed by atoms with Gasteiger partial charge in [0, 0.05) is 24.9 Å². The molecule has 16 heavy (non-hydrogen) atoms. The van der Waals surface area contributed by atoms with E-state index in [0.717, 1.165) is 18.5 Å². The standard InChI is InChI=1S/C13H18N2O/c1-13(2,11-14)7-10-16-9-6-12-5-3-4-8-15-12/h3-5,8H,6-7,9-10H2,1-2H3. The minimum absolute atomic E-state index is 0.287. The van der Waals surface area contributed by atoms with Gasteiger partial charge in [0.1, 0.15) is 0 Å². The fraction of sp³-hybridized carbons (Fsp3) is 0.538. The molecule has 0 radical (unpaired) electrons. The van der Waals surface area contributed by atoms with Gasteiger partial charge >= 0.3 is 0 Å². The number of nitrogens with zero attached hydrogens (tertiary/aromatic N) is 2. The smallest absolute Gasteiger partial charge is 0.0684 e. The maximum Gasteiger partial charge on any atom is 0.0684 e. The van der Waals surface area contributed by atoms with Crippen LogP contribution in [-0.4, -0.2) is 18.2 Å². The van der Waals surface area contributed by atoms with Gasteiger partial charge < -0.3 is 4.74 Å². The number of hydrogen-bond acceptors (Lipinski definition) is 3. The summed E-state index contributed by atoms with van der Waals surface area (Å²) in [7, 11) is 0. The quantitative estimate of drug-likeness (QED) is 0.689. The van der Waals surface area contributed by atoms with Gasteiger partial charge in [-0.3, -0.25) is 4.98 Å². The number of pyridine rings is 1. The van der Waals surface area contributed by atoms with Gasteiger partial charge in [-0.1, -0.05) is 6.07 Å². The summed E-state index contributed by atoms with van der Waals surface area (Å²) in [4.78, 5) is 4.21. The lowest BCUT2D eigenvalue weighted by Crippen LogP contribution is -2.12. The van der Waals surface area contributed by atoms with Crippen LogP contribution in [0, 0.1) is 16.7 Å². The SMILES string of the molecule is CC(C)(C#N)CCOCCc1ccccn1. The zero-order valence-electron chi connectivity index (χ0n) is 9.94. The van der Waals surface area contributed by atoms with Crippen LogP contribution >= 0.6 is 0 Å². The fourth-order valence-corrected chi connectivity index (χ4v) is 1.21. The van der Waals surface area contributed by atoms with Crippen LogP contribution in [0.15, 0.2) is 24.4 Å². The summed E-state index contributed by atoms with van der Waals surface area (Å²) >= 11 is 0. The van der Waals surface area contributed by atoms with Gasteiger partial charge in [0.25, 0.3) is 0 Å². The molecule has 3 heteroatoms. The molecule has 0 amide bonds. The number of hydrogen-bond donors (Lipinski definition) is 0. The van der Waals surface area contributed by atoms with Crippen molar-refractivity contribution in [3.63, 3.8) is 0 Å². The van der Waals surface area contributed by atoms with Crippen molar-refractivity contribution < 1.29 is 4.74 Å². The minimum Gasteiger partial charge on any atom is -0.381 e. The van der Waals surface area contributed by atoms with Crippen LogP contribution < -0.4 is 0 Å². The molecule has 1 aromatic heterocycles. The van der Waals surface area contributed by atoms with E-state index < -0.39 is 0 Å². The summed E-state index contributed by atoms with van der Waals surface area (Å²) in [6.45, 7) is 5.15. The molecule has 0 unspecified atom stereocenters. The van der Waals surface area contributed by atoms with E-state index in [2.05, 4.69) is 11.1 Å². The molecule has 0 saturated carbocycles. The van der Waals surface area contributed by atoms with E-state index >= 15 is 0 Å². The highest BCUT2D eigenvalue weighted by Crippen LogP contribution is 2.17. The lowest BCUT2D eigenvalue weighted by atomic mass is 9.92. The van der Waals surface area contributed by atoms with Crippen molar-refractivity contribution in [2.24, 2.45) is 5.41 Å². The van der Waals surface area contributed by atoms with Gasteiger partial charge in [0.2, 0.25) is 0 Å². The highest BCUT2D eigenvalue weighted by Gasteiger charge is 2.15. The molecule has 0 spiro atoms. The molecule has 3 nitrogen and oxygen atoms in total. The first-order valence-corrected chi connectivity index (χ1v) is 5.53. The summed E-state index contributed by atoms with van der Waals surface area (Å²) in [5, 5.41) is 8.81. The van der Waals surface area contributed by atoms with Gasteiger partial charge in [-0.2, -0.15) is 5.26 Å². The van der Waals surface area contributed by atoms with Crippen LogP contribution in [0.4, 0.5) is 0 Å². The minimum atomic E-state index is -0.287. The summed E-state index contributed by atoms with van der Waals surface area (Å²) in [5.41, 5.74) is 0.757. The van der Waals surface area contributed by atoms with Crippen LogP contribution in [0.2, 0.25) is 0 Å². The van der Waals surface area contributed by atoms with E-state index in [0.29, 0.717) is 13.2 Å². The van der Waals surface area contributed by atoms with Crippen molar-refractivity contribution in [1.82, 2.24) is 4.98 Å². The monoisotopic (exact) mass is 218 g/mol. The zero-order chi connectivity index (χ0) is 11.9. The molecule has 0 aliphatic carbocycles. The highest BCUT2D eigenvalue weighted by atomic mass is 16.5. The Bertz CT molecular complexity index is 341. The molecule has 0 aliphatic rings. The largest absolute Gasteiger partial charge is 0.381 e. The maximum atomic E-state index is 8.81.